The van der Waals surface area contributed by atoms with Gasteiger partial charge in [-0.15, -0.1) is 11.3 Å². The number of hydrogen-bond donors (Lipinski definition) is 0. The van der Waals surface area contributed by atoms with Gasteiger partial charge in [-0.2, -0.15) is 0 Å². The molecule has 90 valence electrons. The van der Waals surface area contributed by atoms with E-state index in [1.165, 1.54) is 33.5 Å². The zero-order valence-electron chi connectivity index (χ0n) is 9.40. The monoisotopic (exact) mass is 372 g/mol. The summed E-state index contributed by atoms with van der Waals surface area (Å²) in [5.41, 5.74) is 1.37. The smallest absolute Gasteiger partial charge is 0.0701 e. The fourth-order valence-electron chi connectivity index (χ4n) is 1.77. The second kappa shape index (κ2) is 6.72. The molecule has 17 heavy (non-hydrogen) atoms. The van der Waals surface area contributed by atoms with Crippen molar-refractivity contribution in [2.45, 2.75) is 24.1 Å². The first-order chi connectivity index (χ1) is 8.25. The van der Waals surface area contributed by atoms with Crippen molar-refractivity contribution in [3.05, 3.63) is 56.7 Å². The zero-order chi connectivity index (χ0) is 12.1. The molecule has 0 fully saturated rings. The van der Waals surface area contributed by atoms with Gasteiger partial charge in [-0.3, -0.25) is 0 Å². The molecule has 2 aromatic rings. The quantitative estimate of drug-likeness (QED) is 0.566. The molecule has 0 radical (unpaired) electrons. The van der Waals surface area contributed by atoms with Gasteiger partial charge in [0, 0.05) is 9.70 Å². The first-order valence-corrected chi connectivity index (χ1v) is 8.21. The lowest BCUT2D eigenvalue weighted by molar-refractivity contribution is 0.735. The number of aryl methyl sites for hydroxylation is 1. The Labute approximate surface area is 123 Å². The Kier molecular flexibility index (Phi) is 5.26. The molecule has 0 saturated heterocycles. The molecule has 2 rings (SSSR count). The van der Waals surface area contributed by atoms with Crippen LogP contribution in [0.1, 0.15) is 28.1 Å². The van der Waals surface area contributed by atoms with E-state index >= 15 is 0 Å². The minimum Gasteiger partial charge on any atom is -0.133 e. The summed E-state index contributed by atoms with van der Waals surface area (Å²) in [5.74, 6) is 0. The molecule has 0 saturated carbocycles. The van der Waals surface area contributed by atoms with Crippen LogP contribution in [0.4, 0.5) is 0 Å². The highest BCUT2D eigenvalue weighted by atomic mass is 79.9. The number of thiophene rings is 1. The second-order valence-electron chi connectivity index (χ2n) is 3.98. The second-order valence-corrected chi connectivity index (χ2v) is 7.63. The molecule has 0 spiro atoms. The van der Waals surface area contributed by atoms with Gasteiger partial charge in [0.2, 0.25) is 0 Å². The van der Waals surface area contributed by atoms with Gasteiger partial charge in [0.05, 0.1) is 3.79 Å². The average Bonchev–Trinajstić information content (AvgIpc) is 2.76. The van der Waals surface area contributed by atoms with Crippen molar-refractivity contribution in [1.29, 1.82) is 0 Å². The van der Waals surface area contributed by atoms with Crippen LogP contribution in [-0.4, -0.2) is 0 Å². The van der Waals surface area contributed by atoms with Crippen LogP contribution in [0, 0.1) is 0 Å². The first-order valence-electron chi connectivity index (χ1n) is 5.69. The summed E-state index contributed by atoms with van der Waals surface area (Å²) < 4.78 is 1.23. The maximum absolute atomic E-state index is 3.76. The predicted molar refractivity (Wildman–Crippen MR) is 83.1 cm³/mol. The number of halogens is 2. The summed E-state index contributed by atoms with van der Waals surface area (Å²) in [6.07, 6.45) is 3.57. The van der Waals surface area contributed by atoms with Gasteiger partial charge in [-0.1, -0.05) is 46.3 Å². The van der Waals surface area contributed by atoms with Crippen LogP contribution in [-0.2, 0) is 6.42 Å². The molecule has 1 heterocycles. The van der Waals surface area contributed by atoms with E-state index in [1.54, 1.807) is 0 Å². The minimum atomic E-state index is 0.479. The fourth-order valence-corrected chi connectivity index (χ4v) is 3.92. The fraction of sp³-hybridized carbons (Fsp3) is 0.286. The van der Waals surface area contributed by atoms with Gasteiger partial charge in [0.1, 0.15) is 0 Å². The summed E-state index contributed by atoms with van der Waals surface area (Å²) in [5, 5.41) is 0. The van der Waals surface area contributed by atoms with Gasteiger partial charge >= 0.3 is 0 Å². The lowest BCUT2D eigenvalue weighted by Gasteiger charge is -2.09. The highest BCUT2D eigenvalue weighted by Gasteiger charge is 2.06. The van der Waals surface area contributed by atoms with E-state index in [4.69, 9.17) is 0 Å². The highest BCUT2D eigenvalue weighted by molar-refractivity contribution is 9.11. The average molecular weight is 374 g/mol. The van der Waals surface area contributed by atoms with Crippen LogP contribution in [0.25, 0.3) is 0 Å². The molecule has 0 aliphatic carbocycles. The van der Waals surface area contributed by atoms with Gasteiger partial charge in [0.15, 0.2) is 0 Å². The van der Waals surface area contributed by atoms with Crippen LogP contribution >= 0.6 is 43.2 Å². The maximum atomic E-state index is 3.76. The van der Waals surface area contributed by atoms with Crippen LogP contribution in [0.2, 0.25) is 0 Å². The van der Waals surface area contributed by atoms with Crippen molar-refractivity contribution in [2.75, 3.05) is 0 Å². The van der Waals surface area contributed by atoms with Crippen LogP contribution in [0.15, 0.2) is 46.3 Å². The van der Waals surface area contributed by atoms with Gasteiger partial charge in [-0.25, -0.2) is 0 Å². The Hall–Kier alpha value is -0.120. The highest BCUT2D eigenvalue weighted by Crippen LogP contribution is 2.29. The molecule has 1 aromatic carbocycles. The Bertz CT molecular complexity index is 450. The molecule has 0 bridgehead atoms. The third-order valence-electron chi connectivity index (χ3n) is 2.67. The SMILES string of the molecule is Brc1ccc(CCCC(Br)c2ccccc2)s1. The third kappa shape index (κ3) is 4.23. The first kappa shape index (κ1) is 13.3. The molecular formula is C14H14Br2S. The molecule has 0 amide bonds. The molecule has 1 atom stereocenters. The lowest BCUT2D eigenvalue weighted by atomic mass is 10.1. The van der Waals surface area contributed by atoms with Crippen molar-refractivity contribution in [2.24, 2.45) is 0 Å². The largest absolute Gasteiger partial charge is 0.133 e. The third-order valence-corrected chi connectivity index (χ3v) is 5.34. The van der Waals surface area contributed by atoms with E-state index < -0.39 is 0 Å². The summed E-state index contributed by atoms with van der Waals surface area (Å²) in [6, 6.07) is 15.0. The minimum absolute atomic E-state index is 0.479. The van der Waals surface area contributed by atoms with Crippen molar-refractivity contribution < 1.29 is 0 Å². The van der Waals surface area contributed by atoms with E-state index in [-0.39, 0.29) is 0 Å². The Morgan fingerprint density at radius 1 is 1.06 bits per heavy atom. The van der Waals surface area contributed by atoms with Crippen LogP contribution in [0.3, 0.4) is 0 Å². The van der Waals surface area contributed by atoms with Crippen molar-refractivity contribution in [3.63, 3.8) is 0 Å². The Morgan fingerprint density at radius 2 is 1.82 bits per heavy atom. The van der Waals surface area contributed by atoms with Crippen LogP contribution in [0.5, 0.6) is 0 Å². The van der Waals surface area contributed by atoms with Crippen molar-refractivity contribution in [3.8, 4) is 0 Å². The van der Waals surface area contributed by atoms with E-state index in [9.17, 15) is 0 Å². The van der Waals surface area contributed by atoms with Crippen molar-refractivity contribution in [1.82, 2.24) is 0 Å². The molecule has 3 heteroatoms. The Morgan fingerprint density at radius 3 is 2.47 bits per heavy atom. The van der Waals surface area contributed by atoms with Gasteiger partial charge in [-0.05, 0) is 52.9 Å². The maximum Gasteiger partial charge on any atom is 0.0701 e. The Balaban J connectivity index is 1.79. The molecule has 0 aliphatic rings. The molecular weight excluding hydrogens is 360 g/mol. The van der Waals surface area contributed by atoms with Crippen LogP contribution < -0.4 is 0 Å². The number of benzene rings is 1. The number of rotatable bonds is 5. The van der Waals surface area contributed by atoms with E-state index in [1.807, 2.05) is 11.3 Å². The number of hydrogen-bond acceptors (Lipinski definition) is 1. The summed E-state index contributed by atoms with van der Waals surface area (Å²) in [7, 11) is 0. The molecule has 0 nitrogen and oxygen atoms in total. The van der Waals surface area contributed by atoms with E-state index in [2.05, 4.69) is 74.3 Å². The molecule has 1 aromatic heterocycles. The zero-order valence-corrected chi connectivity index (χ0v) is 13.4. The normalized spacial score (nSPS) is 12.6. The molecule has 0 aliphatic heterocycles. The van der Waals surface area contributed by atoms with Gasteiger partial charge < -0.3 is 0 Å². The summed E-state index contributed by atoms with van der Waals surface area (Å²) in [6.45, 7) is 0. The standard InChI is InChI=1S/C14H14Br2S/c15-13(11-5-2-1-3-6-11)8-4-7-12-9-10-14(16)17-12/h1-3,5-6,9-10,13H,4,7-8H2. The van der Waals surface area contributed by atoms with E-state index in [0.29, 0.717) is 4.83 Å². The molecule has 0 N–H and O–H groups in total. The van der Waals surface area contributed by atoms with Gasteiger partial charge in [0.25, 0.3) is 0 Å². The topological polar surface area (TPSA) is 0 Å². The summed E-state index contributed by atoms with van der Waals surface area (Å²) >= 11 is 9.09. The predicted octanol–water partition coefficient (Wildman–Crippen LogP) is 5.97. The summed E-state index contributed by atoms with van der Waals surface area (Å²) in [4.78, 5) is 1.94. The van der Waals surface area contributed by atoms with E-state index in [0.717, 1.165) is 0 Å². The lowest BCUT2D eigenvalue weighted by Crippen LogP contribution is -1.91. The molecule has 1 unspecified atom stereocenters. The van der Waals surface area contributed by atoms with Crippen molar-refractivity contribution >= 4 is 43.2 Å². The number of alkyl halides is 1.